The number of amides is 1. The van der Waals surface area contributed by atoms with Gasteiger partial charge in [0.1, 0.15) is 5.75 Å². The SMILES string of the molecule is COc1ccc(C(=O)COC(=O)COc2ccccc2C(N)=O)cc1F. The predicted octanol–water partition coefficient (Wildman–Crippen LogP) is 1.74. The molecule has 0 aliphatic rings. The Hall–Kier alpha value is -3.42. The number of ether oxygens (including phenoxy) is 3. The number of benzene rings is 2. The van der Waals surface area contributed by atoms with Gasteiger partial charge in [-0.05, 0) is 30.3 Å². The van der Waals surface area contributed by atoms with Gasteiger partial charge >= 0.3 is 5.97 Å². The normalized spacial score (nSPS) is 10.1. The second-order valence-corrected chi connectivity index (χ2v) is 5.08. The monoisotopic (exact) mass is 361 g/mol. The fourth-order valence-electron chi connectivity index (χ4n) is 2.04. The van der Waals surface area contributed by atoms with Crippen molar-refractivity contribution in [3.8, 4) is 11.5 Å². The van der Waals surface area contributed by atoms with Crippen molar-refractivity contribution in [3.05, 3.63) is 59.4 Å². The van der Waals surface area contributed by atoms with Crippen LogP contribution in [0, 0.1) is 5.82 Å². The van der Waals surface area contributed by atoms with Crippen LogP contribution in [0.2, 0.25) is 0 Å². The zero-order valence-corrected chi connectivity index (χ0v) is 13.9. The van der Waals surface area contributed by atoms with Crippen molar-refractivity contribution < 1.29 is 33.0 Å². The van der Waals surface area contributed by atoms with Gasteiger partial charge in [-0.2, -0.15) is 0 Å². The topological polar surface area (TPSA) is 105 Å². The molecular formula is C18H16FNO6. The van der Waals surface area contributed by atoms with E-state index in [0.29, 0.717) is 0 Å². The van der Waals surface area contributed by atoms with Crippen molar-refractivity contribution in [1.29, 1.82) is 0 Å². The average Bonchev–Trinajstić information content (AvgIpc) is 2.64. The van der Waals surface area contributed by atoms with Gasteiger partial charge in [0.05, 0.1) is 12.7 Å². The standard InChI is InChI=1S/C18H16FNO6/c1-24-16-7-6-11(8-13(16)19)14(21)9-26-17(22)10-25-15-5-3-2-4-12(15)18(20)23/h2-8H,9-10H2,1H3,(H2,20,23). The van der Waals surface area contributed by atoms with Gasteiger partial charge in [0.15, 0.2) is 30.6 Å². The Kier molecular flexibility index (Phi) is 6.26. The van der Waals surface area contributed by atoms with Crippen molar-refractivity contribution in [1.82, 2.24) is 0 Å². The predicted molar refractivity (Wildman–Crippen MR) is 88.7 cm³/mol. The van der Waals surface area contributed by atoms with Gasteiger partial charge in [-0.15, -0.1) is 0 Å². The number of para-hydroxylation sites is 1. The maximum absolute atomic E-state index is 13.6. The van der Waals surface area contributed by atoms with Crippen LogP contribution < -0.4 is 15.2 Å². The number of esters is 1. The van der Waals surface area contributed by atoms with Crippen molar-refractivity contribution in [2.45, 2.75) is 0 Å². The highest BCUT2D eigenvalue weighted by Gasteiger charge is 2.14. The third kappa shape index (κ3) is 4.79. The van der Waals surface area contributed by atoms with Crippen molar-refractivity contribution in [2.24, 2.45) is 5.73 Å². The minimum absolute atomic E-state index is 0.0000564. The molecule has 7 nitrogen and oxygen atoms in total. The maximum Gasteiger partial charge on any atom is 0.344 e. The van der Waals surface area contributed by atoms with E-state index >= 15 is 0 Å². The Bertz CT molecular complexity index is 836. The third-order valence-electron chi connectivity index (χ3n) is 3.34. The highest BCUT2D eigenvalue weighted by molar-refractivity contribution is 5.98. The summed E-state index contributed by atoms with van der Waals surface area (Å²) in [6.45, 7) is -1.10. The molecule has 0 heterocycles. The van der Waals surface area contributed by atoms with Gasteiger partial charge in [-0.25, -0.2) is 9.18 Å². The Morgan fingerprint density at radius 3 is 2.42 bits per heavy atom. The molecule has 1 amide bonds. The lowest BCUT2D eigenvalue weighted by Crippen LogP contribution is -2.21. The Morgan fingerprint density at radius 2 is 1.77 bits per heavy atom. The number of methoxy groups -OCH3 is 1. The first kappa shape index (κ1) is 18.9. The Balaban J connectivity index is 1.88. The van der Waals surface area contributed by atoms with E-state index in [2.05, 4.69) is 0 Å². The number of rotatable bonds is 8. The van der Waals surface area contributed by atoms with Crippen LogP contribution in [0.3, 0.4) is 0 Å². The molecule has 0 fully saturated rings. The maximum atomic E-state index is 13.6. The molecule has 2 aromatic carbocycles. The zero-order chi connectivity index (χ0) is 19.1. The largest absolute Gasteiger partial charge is 0.494 e. The van der Waals surface area contributed by atoms with Crippen LogP contribution in [0.25, 0.3) is 0 Å². The molecule has 26 heavy (non-hydrogen) atoms. The highest BCUT2D eigenvalue weighted by atomic mass is 19.1. The number of halogens is 1. The van der Waals surface area contributed by atoms with E-state index in [9.17, 15) is 18.8 Å². The summed E-state index contributed by atoms with van der Waals surface area (Å²) in [4.78, 5) is 34.9. The lowest BCUT2D eigenvalue weighted by Gasteiger charge is -2.09. The number of nitrogens with two attached hydrogens (primary N) is 1. The summed E-state index contributed by atoms with van der Waals surface area (Å²) in [5.74, 6) is -2.69. The van der Waals surface area contributed by atoms with E-state index in [0.717, 1.165) is 6.07 Å². The summed E-state index contributed by atoms with van der Waals surface area (Å²) in [6.07, 6.45) is 0. The quantitative estimate of drug-likeness (QED) is 0.567. The molecule has 0 saturated carbocycles. The summed E-state index contributed by atoms with van der Waals surface area (Å²) in [5.41, 5.74) is 5.35. The van der Waals surface area contributed by atoms with Crippen molar-refractivity contribution >= 4 is 17.7 Å². The molecule has 0 aliphatic carbocycles. The fourth-order valence-corrected chi connectivity index (χ4v) is 2.04. The van der Waals surface area contributed by atoms with Crippen LogP contribution in [0.5, 0.6) is 11.5 Å². The van der Waals surface area contributed by atoms with Gasteiger partial charge in [0, 0.05) is 5.56 Å². The first-order valence-electron chi connectivity index (χ1n) is 7.46. The summed E-state index contributed by atoms with van der Waals surface area (Å²) in [5, 5.41) is 0. The first-order chi connectivity index (χ1) is 12.4. The summed E-state index contributed by atoms with van der Waals surface area (Å²) in [7, 11) is 1.30. The molecule has 2 aromatic rings. The zero-order valence-electron chi connectivity index (χ0n) is 13.9. The summed E-state index contributed by atoms with van der Waals surface area (Å²) < 4.78 is 28.3. The van der Waals surface area contributed by atoms with Gasteiger partial charge in [-0.1, -0.05) is 12.1 Å². The van der Waals surface area contributed by atoms with Crippen LogP contribution in [-0.4, -0.2) is 38.0 Å². The van der Waals surface area contributed by atoms with E-state index in [1.807, 2.05) is 0 Å². The lowest BCUT2D eigenvalue weighted by molar-refractivity contribution is -0.144. The molecule has 0 radical (unpaired) electrons. The molecule has 0 atom stereocenters. The minimum atomic E-state index is -0.827. The highest BCUT2D eigenvalue weighted by Crippen LogP contribution is 2.18. The van der Waals surface area contributed by atoms with Gasteiger partial charge in [-0.3, -0.25) is 9.59 Å². The first-order valence-corrected chi connectivity index (χ1v) is 7.46. The molecule has 0 unspecified atom stereocenters. The van der Waals surface area contributed by atoms with Gasteiger partial charge in [0.25, 0.3) is 5.91 Å². The van der Waals surface area contributed by atoms with E-state index in [1.54, 1.807) is 12.1 Å². The second-order valence-electron chi connectivity index (χ2n) is 5.08. The third-order valence-corrected chi connectivity index (χ3v) is 3.34. The van der Waals surface area contributed by atoms with Crippen molar-refractivity contribution in [3.63, 3.8) is 0 Å². The Labute approximate surface area is 148 Å². The van der Waals surface area contributed by atoms with Crippen LogP contribution in [0.4, 0.5) is 4.39 Å². The molecule has 2 rings (SSSR count). The number of Topliss-reactive ketones (excluding diaryl/α,β-unsaturated/α-hetero) is 1. The number of carbonyl (C=O) groups is 3. The molecule has 136 valence electrons. The van der Waals surface area contributed by atoms with Crippen LogP contribution >= 0.6 is 0 Å². The van der Waals surface area contributed by atoms with E-state index in [-0.39, 0.29) is 22.6 Å². The van der Waals surface area contributed by atoms with Crippen LogP contribution in [-0.2, 0) is 9.53 Å². The molecule has 0 saturated heterocycles. The minimum Gasteiger partial charge on any atom is -0.494 e. The smallest absolute Gasteiger partial charge is 0.344 e. The van der Waals surface area contributed by atoms with E-state index in [1.165, 1.54) is 31.4 Å². The lowest BCUT2D eigenvalue weighted by atomic mass is 10.1. The summed E-state index contributed by atoms with van der Waals surface area (Å²) >= 11 is 0. The molecule has 0 spiro atoms. The Morgan fingerprint density at radius 1 is 1.04 bits per heavy atom. The number of carbonyl (C=O) groups excluding carboxylic acids is 3. The van der Waals surface area contributed by atoms with Gasteiger partial charge in [0.2, 0.25) is 0 Å². The second kappa shape index (κ2) is 8.61. The van der Waals surface area contributed by atoms with Crippen LogP contribution in [0.1, 0.15) is 20.7 Å². The molecule has 0 aromatic heterocycles. The van der Waals surface area contributed by atoms with E-state index in [4.69, 9.17) is 19.9 Å². The number of ketones is 1. The molecular weight excluding hydrogens is 345 g/mol. The molecule has 2 N–H and O–H groups in total. The average molecular weight is 361 g/mol. The molecule has 0 bridgehead atoms. The summed E-state index contributed by atoms with van der Waals surface area (Å²) in [6, 6.07) is 9.77. The van der Waals surface area contributed by atoms with E-state index < -0.39 is 36.7 Å². The van der Waals surface area contributed by atoms with Crippen molar-refractivity contribution in [2.75, 3.05) is 20.3 Å². The number of primary amides is 1. The molecule has 0 aliphatic heterocycles. The fraction of sp³-hybridized carbons (Fsp3) is 0.167. The number of hydrogen-bond acceptors (Lipinski definition) is 6. The van der Waals surface area contributed by atoms with Gasteiger partial charge < -0.3 is 19.9 Å². The molecule has 8 heteroatoms. The number of hydrogen-bond donors (Lipinski definition) is 1. The van der Waals surface area contributed by atoms with Crippen LogP contribution in [0.15, 0.2) is 42.5 Å².